The highest BCUT2D eigenvalue weighted by Gasteiger charge is 2.31. The van der Waals surface area contributed by atoms with E-state index in [1.165, 1.54) is 32.2 Å². The molecule has 0 saturated carbocycles. The van der Waals surface area contributed by atoms with Crippen molar-refractivity contribution in [3.63, 3.8) is 0 Å². The fraction of sp³-hybridized carbons (Fsp3) is 1.00. The van der Waals surface area contributed by atoms with Crippen LogP contribution in [0.2, 0.25) is 0 Å². The quantitative estimate of drug-likeness (QED) is 0.604. The van der Waals surface area contributed by atoms with Crippen molar-refractivity contribution < 1.29 is 0 Å². The highest BCUT2D eigenvalue weighted by atomic mass is 15.2. The molecular formula is C16H36N2. The second kappa shape index (κ2) is 9.80. The zero-order chi connectivity index (χ0) is 14.0. The Morgan fingerprint density at radius 3 is 2.00 bits per heavy atom. The molecule has 0 radical (unpaired) electrons. The van der Waals surface area contributed by atoms with Crippen LogP contribution in [0.25, 0.3) is 0 Å². The minimum atomic E-state index is 0.231. The van der Waals surface area contributed by atoms with Gasteiger partial charge in [-0.2, -0.15) is 0 Å². The van der Waals surface area contributed by atoms with Crippen molar-refractivity contribution in [3.05, 3.63) is 0 Å². The van der Waals surface area contributed by atoms with Crippen molar-refractivity contribution in [2.24, 2.45) is 11.7 Å². The van der Waals surface area contributed by atoms with E-state index in [0.29, 0.717) is 0 Å². The van der Waals surface area contributed by atoms with E-state index in [0.717, 1.165) is 31.8 Å². The second-order valence-corrected chi connectivity index (χ2v) is 5.59. The molecule has 0 bridgehead atoms. The van der Waals surface area contributed by atoms with Gasteiger partial charge in [-0.25, -0.2) is 0 Å². The van der Waals surface area contributed by atoms with Crippen LogP contribution in [0.3, 0.4) is 0 Å². The molecule has 0 heterocycles. The van der Waals surface area contributed by atoms with Crippen LogP contribution in [-0.2, 0) is 0 Å². The van der Waals surface area contributed by atoms with Crippen molar-refractivity contribution in [3.8, 4) is 0 Å². The van der Waals surface area contributed by atoms with Gasteiger partial charge in [-0.1, -0.05) is 53.9 Å². The molecule has 2 N–H and O–H groups in total. The van der Waals surface area contributed by atoms with Crippen molar-refractivity contribution >= 4 is 0 Å². The minimum absolute atomic E-state index is 0.231. The van der Waals surface area contributed by atoms with Gasteiger partial charge in [0.2, 0.25) is 0 Å². The molecule has 0 saturated heterocycles. The number of nitrogens with zero attached hydrogens (tertiary/aromatic N) is 1. The van der Waals surface area contributed by atoms with Gasteiger partial charge in [-0.3, -0.25) is 4.90 Å². The summed E-state index contributed by atoms with van der Waals surface area (Å²) in [5.74, 6) is 0.842. The molecule has 0 aromatic rings. The van der Waals surface area contributed by atoms with Gasteiger partial charge >= 0.3 is 0 Å². The lowest BCUT2D eigenvalue weighted by Crippen LogP contribution is -2.54. The molecule has 18 heavy (non-hydrogen) atoms. The van der Waals surface area contributed by atoms with Crippen LogP contribution in [0.15, 0.2) is 0 Å². The molecule has 2 nitrogen and oxygen atoms in total. The Morgan fingerprint density at radius 2 is 1.67 bits per heavy atom. The van der Waals surface area contributed by atoms with E-state index in [4.69, 9.17) is 5.73 Å². The lowest BCUT2D eigenvalue weighted by molar-refractivity contribution is 0.0699. The van der Waals surface area contributed by atoms with Gasteiger partial charge in [-0.15, -0.1) is 0 Å². The molecule has 0 spiro atoms. The third-order valence-corrected chi connectivity index (χ3v) is 4.77. The van der Waals surface area contributed by atoms with Crippen LogP contribution in [0.1, 0.15) is 73.1 Å². The average molecular weight is 256 g/mol. The van der Waals surface area contributed by atoms with Gasteiger partial charge in [0, 0.05) is 18.6 Å². The maximum atomic E-state index is 6.08. The number of hydrogen-bond donors (Lipinski definition) is 1. The van der Waals surface area contributed by atoms with Gasteiger partial charge in [0.25, 0.3) is 0 Å². The number of unbranched alkanes of at least 4 members (excludes halogenated alkanes) is 1. The first-order valence-corrected chi connectivity index (χ1v) is 8.09. The number of rotatable bonds is 11. The SMILES string of the molecule is CCCCC(CC)CN(CC)C(CC)(CC)CN. The second-order valence-electron chi connectivity index (χ2n) is 5.59. The summed E-state index contributed by atoms with van der Waals surface area (Å²) < 4.78 is 0. The lowest BCUT2D eigenvalue weighted by Gasteiger charge is -2.43. The normalized spacial score (nSPS) is 14.2. The predicted molar refractivity (Wildman–Crippen MR) is 82.9 cm³/mol. The van der Waals surface area contributed by atoms with Gasteiger partial charge in [0.05, 0.1) is 0 Å². The van der Waals surface area contributed by atoms with Gasteiger partial charge < -0.3 is 5.73 Å². The smallest absolute Gasteiger partial charge is 0.0326 e. The fourth-order valence-corrected chi connectivity index (χ4v) is 3.00. The minimum Gasteiger partial charge on any atom is -0.329 e. The molecule has 0 fully saturated rings. The summed E-state index contributed by atoms with van der Waals surface area (Å²) in [7, 11) is 0. The molecule has 0 amide bonds. The Balaban J connectivity index is 4.63. The van der Waals surface area contributed by atoms with Crippen LogP contribution >= 0.6 is 0 Å². The Morgan fingerprint density at radius 1 is 1.06 bits per heavy atom. The number of hydrogen-bond acceptors (Lipinski definition) is 2. The highest BCUT2D eigenvalue weighted by Crippen LogP contribution is 2.26. The Labute approximate surface area is 115 Å². The Hall–Kier alpha value is -0.0800. The molecule has 0 aliphatic rings. The summed E-state index contributed by atoms with van der Waals surface area (Å²) in [6.07, 6.45) is 7.68. The van der Waals surface area contributed by atoms with E-state index in [1.54, 1.807) is 0 Å². The van der Waals surface area contributed by atoms with Crippen LogP contribution in [-0.4, -0.2) is 30.1 Å². The van der Waals surface area contributed by atoms with E-state index < -0.39 is 0 Å². The summed E-state index contributed by atoms with van der Waals surface area (Å²) in [6, 6.07) is 0. The van der Waals surface area contributed by atoms with Crippen LogP contribution in [0, 0.1) is 5.92 Å². The largest absolute Gasteiger partial charge is 0.329 e. The molecule has 2 heteroatoms. The van der Waals surface area contributed by atoms with Crippen molar-refractivity contribution in [2.75, 3.05) is 19.6 Å². The zero-order valence-electron chi connectivity index (χ0n) is 13.5. The van der Waals surface area contributed by atoms with Crippen LogP contribution in [0.5, 0.6) is 0 Å². The molecule has 0 aromatic carbocycles. The first-order valence-electron chi connectivity index (χ1n) is 8.09. The first-order chi connectivity index (χ1) is 8.63. The summed E-state index contributed by atoms with van der Waals surface area (Å²) in [4.78, 5) is 2.65. The van der Waals surface area contributed by atoms with E-state index in [9.17, 15) is 0 Å². The topological polar surface area (TPSA) is 29.3 Å². The predicted octanol–water partition coefficient (Wildman–Crippen LogP) is 4.04. The van der Waals surface area contributed by atoms with Crippen LogP contribution in [0.4, 0.5) is 0 Å². The molecular weight excluding hydrogens is 220 g/mol. The van der Waals surface area contributed by atoms with Crippen LogP contribution < -0.4 is 5.73 Å². The highest BCUT2D eigenvalue weighted by molar-refractivity contribution is 4.89. The molecule has 0 aromatic heterocycles. The molecule has 0 rings (SSSR count). The van der Waals surface area contributed by atoms with E-state index in [-0.39, 0.29) is 5.54 Å². The fourth-order valence-electron chi connectivity index (χ4n) is 3.00. The maximum Gasteiger partial charge on any atom is 0.0326 e. The van der Waals surface area contributed by atoms with Gasteiger partial charge in [-0.05, 0) is 31.7 Å². The maximum absolute atomic E-state index is 6.08. The number of likely N-dealkylation sites (N-methyl/N-ethyl adjacent to an activating group) is 1. The zero-order valence-corrected chi connectivity index (χ0v) is 13.5. The van der Waals surface area contributed by atoms with E-state index in [2.05, 4.69) is 39.5 Å². The lowest BCUT2D eigenvalue weighted by atomic mass is 9.88. The summed E-state index contributed by atoms with van der Waals surface area (Å²) in [6.45, 7) is 14.6. The molecule has 0 aliphatic carbocycles. The van der Waals surface area contributed by atoms with Crippen molar-refractivity contribution in [2.45, 2.75) is 78.7 Å². The molecule has 0 aliphatic heterocycles. The third kappa shape index (κ3) is 4.89. The third-order valence-electron chi connectivity index (χ3n) is 4.77. The number of nitrogens with two attached hydrogens (primary N) is 1. The molecule has 1 unspecified atom stereocenters. The summed E-state index contributed by atoms with van der Waals surface area (Å²) in [5, 5.41) is 0. The summed E-state index contributed by atoms with van der Waals surface area (Å²) in [5.41, 5.74) is 6.31. The first kappa shape index (κ1) is 17.9. The average Bonchev–Trinajstić information content (AvgIpc) is 2.43. The van der Waals surface area contributed by atoms with E-state index >= 15 is 0 Å². The monoisotopic (exact) mass is 256 g/mol. The van der Waals surface area contributed by atoms with Gasteiger partial charge in [0.15, 0.2) is 0 Å². The Bertz CT molecular complexity index is 179. The van der Waals surface area contributed by atoms with Gasteiger partial charge in [0.1, 0.15) is 0 Å². The Kier molecular flexibility index (Phi) is 9.76. The molecule has 110 valence electrons. The van der Waals surface area contributed by atoms with E-state index in [1.807, 2.05) is 0 Å². The summed E-state index contributed by atoms with van der Waals surface area (Å²) >= 11 is 0. The standard InChI is InChI=1S/C16H36N2/c1-6-11-12-15(7-2)13-18(10-5)16(8-3,9-4)14-17/h15H,6-14,17H2,1-5H3. The van der Waals surface area contributed by atoms with Crippen molar-refractivity contribution in [1.82, 2.24) is 4.90 Å². The van der Waals surface area contributed by atoms with Crippen molar-refractivity contribution in [1.29, 1.82) is 0 Å². The molecule has 1 atom stereocenters.